The molecule has 0 amide bonds. The molecule has 4 heteroatoms. The van der Waals surface area contributed by atoms with Crippen LogP contribution in [0.15, 0.2) is 0 Å². The van der Waals surface area contributed by atoms with Gasteiger partial charge in [-0.15, -0.1) is 0 Å². The van der Waals surface area contributed by atoms with Gasteiger partial charge in [-0.05, 0) is 43.8 Å². The predicted molar refractivity (Wildman–Crippen MR) is 87.6 cm³/mol. The van der Waals surface area contributed by atoms with E-state index in [2.05, 4.69) is 44.8 Å². The van der Waals surface area contributed by atoms with E-state index in [1.807, 2.05) is 0 Å². The Balaban J connectivity index is 4.31. The number of ether oxygens (including phenoxy) is 1. The van der Waals surface area contributed by atoms with Crippen LogP contribution in [-0.4, -0.2) is 42.9 Å². The summed E-state index contributed by atoms with van der Waals surface area (Å²) in [7, 11) is 1.72. The quantitative estimate of drug-likeness (QED) is 0.658. The first-order valence-corrected chi connectivity index (χ1v) is 7.82. The average Bonchev–Trinajstić information content (AvgIpc) is 2.28. The van der Waals surface area contributed by atoms with E-state index in [9.17, 15) is 0 Å². The zero-order valence-electron chi connectivity index (χ0n) is 13.5. The van der Waals surface area contributed by atoms with Gasteiger partial charge in [-0.1, -0.05) is 27.7 Å². The van der Waals surface area contributed by atoms with Crippen LogP contribution < -0.4 is 5.32 Å². The summed E-state index contributed by atoms with van der Waals surface area (Å²) in [6.45, 7) is 13.9. The van der Waals surface area contributed by atoms with E-state index in [1.165, 1.54) is 12.8 Å². The Labute approximate surface area is 125 Å². The lowest BCUT2D eigenvalue weighted by Crippen LogP contribution is -2.46. The van der Waals surface area contributed by atoms with Crippen molar-refractivity contribution in [3.63, 3.8) is 0 Å². The zero-order chi connectivity index (χ0) is 14.8. The minimum Gasteiger partial charge on any atom is -0.383 e. The van der Waals surface area contributed by atoms with Crippen LogP contribution >= 0.6 is 12.2 Å². The Morgan fingerprint density at radius 1 is 1.05 bits per heavy atom. The van der Waals surface area contributed by atoms with Gasteiger partial charge in [-0.2, -0.15) is 0 Å². The normalized spacial score (nSPS) is 12.8. The second kappa shape index (κ2) is 10.4. The van der Waals surface area contributed by atoms with E-state index < -0.39 is 0 Å². The Kier molecular flexibility index (Phi) is 10.2. The molecule has 0 radical (unpaired) electrons. The molecule has 0 saturated heterocycles. The highest BCUT2D eigenvalue weighted by atomic mass is 32.1. The molecule has 0 rings (SSSR count). The maximum Gasteiger partial charge on any atom is 0.169 e. The second-order valence-corrected chi connectivity index (χ2v) is 6.54. The predicted octanol–water partition coefficient (Wildman–Crippen LogP) is 3.29. The minimum absolute atomic E-state index is 0.262. The summed E-state index contributed by atoms with van der Waals surface area (Å²) in [6.07, 6.45) is 2.36. The summed E-state index contributed by atoms with van der Waals surface area (Å²) >= 11 is 5.53. The van der Waals surface area contributed by atoms with Gasteiger partial charge in [0.1, 0.15) is 0 Å². The van der Waals surface area contributed by atoms with E-state index in [1.54, 1.807) is 7.11 Å². The van der Waals surface area contributed by atoms with Gasteiger partial charge >= 0.3 is 0 Å². The van der Waals surface area contributed by atoms with Crippen molar-refractivity contribution in [2.45, 2.75) is 53.5 Å². The standard InChI is InChI=1S/C15H32N2OS/c1-12(2)7-9-17(10-8-13(3)4)15(19)16-14(5)11-18-6/h12-14H,7-11H2,1-6H3,(H,16,19). The number of thiocarbonyl (C=S) groups is 1. The van der Waals surface area contributed by atoms with Crippen LogP contribution in [0.1, 0.15) is 47.5 Å². The van der Waals surface area contributed by atoms with Gasteiger partial charge < -0.3 is 15.0 Å². The highest BCUT2D eigenvalue weighted by molar-refractivity contribution is 7.80. The van der Waals surface area contributed by atoms with Crippen molar-refractivity contribution in [2.75, 3.05) is 26.8 Å². The summed E-state index contributed by atoms with van der Waals surface area (Å²) in [5.74, 6) is 1.42. The third-order valence-corrected chi connectivity index (χ3v) is 3.40. The number of hydrogen-bond acceptors (Lipinski definition) is 2. The molecule has 0 spiro atoms. The fourth-order valence-electron chi connectivity index (χ4n) is 1.74. The maximum atomic E-state index is 5.53. The molecule has 3 nitrogen and oxygen atoms in total. The molecule has 0 fully saturated rings. The summed E-state index contributed by atoms with van der Waals surface area (Å²) in [5.41, 5.74) is 0. The molecule has 0 aromatic rings. The van der Waals surface area contributed by atoms with Crippen molar-refractivity contribution in [1.82, 2.24) is 10.2 Å². The molecule has 19 heavy (non-hydrogen) atoms. The molecule has 114 valence electrons. The number of hydrogen-bond donors (Lipinski definition) is 1. The van der Waals surface area contributed by atoms with Crippen LogP contribution in [-0.2, 0) is 4.74 Å². The van der Waals surface area contributed by atoms with Crippen LogP contribution in [0.25, 0.3) is 0 Å². The smallest absolute Gasteiger partial charge is 0.169 e. The monoisotopic (exact) mass is 288 g/mol. The van der Waals surface area contributed by atoms with Crippen LogP contribution in [0.5, 0.6) is 0 Å². The average molecular weight is 289 g/mol. The highest BCUT2D eigenvalue weighted by Crippen LogP contribution is 2.07. The fourth-order valence-corrected chi connectivity index (χ4v) is 2.12. The molecule has 0 saturated carbocycles. The molecule has 1 atom stereocenters. The summed E-state index contributed by atoms with van der Waals surface area (Å²) in [5, 5.41) is 4.23. The molecule has 0 aliphatic heterocycles. The Morgan fingerprint density at radius 3 is 1.89 bits per heavy atom. The van der Waals surface area contributed by atoms with Gasteiger partial charge in [-0.25, -0.2) is 0 Å². The number of nitrogens with one attached hydrogen (secondary N) is 1. The summed E-state index contributed by atoms with van der Waals surface area (Å²) < 4.78 is 5.14. The first-order chi connectivity index (χ1) is 8.86. The summed E-state index contributed by atoms with van der Waals surface area (Å²) in [6, 6.07) is 0.262. The van der Waals surface area contributed by atoms with E-state index >= 15 is 0 Å². The lowest BCUT2D eigenvalue weighted by Gasteiger charge is -2.29. The second-order valence-electron chi connectivity index (χ2n) is 6.16. The number of nitrogens with zero attached hydrogens (tertiary/aromatic N) is 1. The van der Waals surface area contributed by atoms with E-state index in [0.717, 1.165) is 18.2 Å². The third-order valence-electron chi connectivity index (χ3n) is 3.03. The first kappa shape index (κ1) is 18.7. The van der Waals surface area contributed by atoms with Crippen LogP contribution in [0.2, 0.25) is 0 Å². The van der Waals surface area contributed by atoms with E-state index in [0.29, 0.717) is 18.4 Å². The molecular formula is C15H32N2OS. The van der Waals surface area contributed by atoms with Crippen molar-refractivity contribution in [3.8, 4) is 0 Å². The molecule has 0 aromatic heterocycles. The lowest BCUT2D eigenvalue weighted by atomic mass is 10.1. The third kappa shape index (κ3) is 10.1. The summed E-state index contributed by atoms with van der Waals surface area (Å²) in [4.78, 5) is 2.31. The van der Waals surface area contributed by atoms with Crippen molar-refractivity contribution < 1.29 is 4.74 Å². The van der Waals surface area contributed by atoms with Gasteiger partial charge in [-0.3, -0.25) is 0 Å². The van der Waals surface area contributed by atoms with E-state index in [4.69, 9.17) is 17.0 Å². The van der Waals surface area contributed by atoms with Crippen molar-refractivity contribution in [2.24, 2.45) is 11.8 Å². The van der Waals surface area contributed by atoms with Crippen molar-refractivity contribution >= 4 is 17.3 Å². The molecular weight excluding hydrogens is 256 g/mol. The van der Waals surface area contributed by atoms with Gasteiger partial charge in [0.25, 0.3) is 0 Å². The van der Waals surface area contributed by atoms with Gasteiger partial charge in [0.15, 0.2) is 5.11 Å². The Bertz CT molecular complexity index is 232. The molecule has 0 bridgehead atoms. The largest absolute Gasteiger partial charge is 0.383 e. The van der Waals surface area contributed by atoms with Crippen molar-refractivity contribution in [3.05, 3.63) is 0 Å². The Morgan fingerprint density at radius 2 is 1.53 bits per heavy atom. The zero-order valence-corrected chi connectivity index (χ0v) is 14.3. The number of methoxy groups -OCH3 is 1. The van der Waals surface area contributed by atoms with Crippen LogP contribution in [0.4, 0.5) is 0 Å². The molecule has 0 aliphatic carbocycles. The molecule has 0 aromatic carbocycles. The lowest BCUT2D eigenvalue weighted by molar-refractivity contribution is 0.177. The highest BCUT2D eigenvalue weighted by Gasteiger charge is 2.13. The fraction of sp³-hybridized carbons (Fsp3) is 0.933. The van der Waals surface area contributed by atoms with Crippen LogP contribution in [0.3, 0.4) is 0 Å². The SMILES string of the molecule is COCC(C)NC(=S)N(CCC(C)C)CCC(C)C. The van der Waals surface area contributed by atoms with Crippen molar-refractivity contribution in [1.29, 1.82) is 0 Å². The topological polar surface area (TPSA) is 24.5 Å². The number of rotatable bonds is 9. The Hall–Kier alpha value is -0.350. The molecule has 0 heterocycles. The maximum absolute atomic E-state index is 5.53. The van der Waals surface area contributed by atoms with E-state index in [-0.39, 0.29) is 6.04 Å². The first-order valence-electron chi connectivity index (χ1n) is 7.41. The molecule has 0 aliphatic rings. The molecule has 1 unspecified atom stereocenters. The van der Waals surface area contributed by atoms with Gasteiger partial charge in [0.2, 0.25) is 0 Å². The van der Waals surface area contributed by atoms with Crippen LogP contribution in [0, 0.1) is 11.8 Å². The molecule has 1 N–H and O–H groups in total. The van der Waals surface area contributed by atoms with Gasteiger partial charge in [0.05, 0.1) is 6.61 Å². The minimum atomic E-state index is 0.262. The van der Waals surface area contributed by atoms with Gasteiger partial charge in [0, 0.05) is 26.2 Å².